The number of nitro groups is 1. The Balaban J connectivity index is 1.60. The third-order valence-corrected chi connectivity index (χ3v) is 5.16. The first-order valence-electron chi connectivity index (χ1n) is 9.40. The van der Waals surface area contributed by atoms with E-state index in [1.807, 2.05) is 0 Å². The lowest BCUT2D eigenvalue weighted by Crippen LogP contribution is -2.37. The van der Waals surface area contributed by atoms with Gasteiger partial charge in [-0.3, -0.25) is 30.7 Å². The SMILES string of the molecule is O=C(NNc1ncnc(NCCCN2CCOCC2)c1[N+](=O)[O-])c1ccccc1Br. The number of nitrogens with one attached hydrogen (secondary N) is 3. The van der Waals surface area contributed by atoms with Crippen molar-refractivity contribution in [1.29, 1.82) is 0 Å². The van der Waals surface area contributed by atoms with Gasteiger partial charge in [0.15, 0.2) is 0 Å². The number of benzene rings is 1. The Morgan fingerprint density at radius 2 is 1.97 bits per heavy atom. The maximum absolute atomic E-state index is 12.3. The molecule has 2 heterocycles. The second kappa shape index (κ2) is 10.8. The summed E-state index contributed by atoms with van der Waals surface area (Å²) < 4.78 is 5.92. The number of aromatic nitrogens is 2. The van der Waals surface area contributed by atoms with Crippen molar-refractivity contribution in [2.45, 2.75) is 6.42 Å². The first-order chi connectivity index (χ1) is 14.6. The molecule has 0 atom stereocenters. The standard InChI is InChI=1S/C18H22BrN7O4/c19-14-5-2-1-4-13(14)18(27)24-23-17-15(26(28)29)16(21-12-22-17)20-6-3-7-25-8-10-30-11-9-25/h1-2,4-5,12H,3,6-11H2,(H,24,27)(H2,20,21,22,23). The number of nitrogens with zero attached hydrogens (tertiary/aromatic N) is 4. The van der Waals surface area contributed by atoms with Gasteiger partial charge in [-0.25, -0.2) is 9.97 Å². The summed E-state index contributed by atoms with van der Waals surface area (Å²) in [6.07, 6.45) is 1.99. The summed E-state index contributed by atoms with van der Waals surface area (Å²) in [5.41, 5.74) is 5.00. The lowest BCUT2D eigenvalue weighted by Gasteiger charge is -2.26. The highest BCUT2D eigenvalue weighted by molar-refractivity contribution is 9.10. The minimum atomic E-state index is -0.586. The molecule has 1 aromatic heterocycles. The van der Waals surface area contributed by atoms with E-state index in [-0.39, 0.29) is 17.3 Å². The number of hydrogen-bond acceptors (Lipinski definition) is 9. The molecule has 0 radical (unpaired) electrons. The van der Waals surface area contributed by atoms with E-state index in [9.17, 15) is 14.9 Å². The minimum Gasteiger partial charge on any atom is -0.379 e. The molecule has 2 aromatic rings. The molecule has 0 spiro atoms. The van der Waals surface area contributed by atoms with Crippen molar-refractivity contribution >= 4 is 39.2 Å². The third-order valence-electron chi connectivity index (χ3n) is 4.47. The second-order valence-corrected chi connectivity index (χ2v) is 7.32. The minimum absolute atomic E-state index is 0.0922. The van der Waals surface area contributed by atoms with Crippen LogP contribution in [-0.2, 0) is 4.74 Å². The Morgan fingerprint density at radius 1 is 1.23 bits per heavy atom. The molecular weight excluding hydrogens is 458 g/mol. The maximum Gasteiger partial charge on any atom is 0.354 e. The Hall–Kier alpha value is -2.83. The van der Waals surface area contributed by atoms with Crippen LogP contribution in [0.15, 0.2) is 35.1 Å². The van der Waals surface area contributed by atoms with Crippen molar-refractivity contribution in [3.8, 4) is 0 Å². The zero-order chi connectivity index (χ0) is 21.3. The van der Waals surface area contributed by atoms with Crippen molar-refractivity contribution in [2.75, 3.05) is 50.1 Å². The first kappa shape index (κ1) is 21.9. The van der Waals surface area contributed by atoms with Gasteiger partial charge in [0.25, 0.3) is 5.91 Å². The summed E-state index contributed by atoms with van der Waals surface area (Å²) in [5, 5.41) is 14.6. The normalized spacial score (nSPS) is 14.2. The molecule has 0 bridgehead atoms. The smallest absolute Gasteiger partial charge is 0.354 e. The summed E-state index contributed by atoms with van der Waals surface area (Å²) >= 11 is 3.29. The number of carbonyl (C=O) groups is 1. The molecule has 1 aliphatic rings. The van der Waals surface area contributed by atoms with Crippen LogP contribution in [0.5, 0.6) is 0 Å². The fourth-order valence-electron chi connectivity index (χ4n) is 2.94. The lowest BCUT2D eigenvalue weighted by atomic mass is 10.2. The topological polar surface area (TPSA) is 135 Å². The van der Waals surface area contributed by atoms with Gasteiger partial charge in [0.05, 0.1) is 23.7 Å². The van der Waals surface area contributed by atoms with E-state index in [4.69, 9.17) is 4.74 Å². The second-order valence-electron chi connectivity index (χ2n) is 6.47. The van der Waals surface area contributed by atoms with Crippen LogP contribution in [0.4, 0.5) is 17.3 Å². The summed E-state index contributed by atoms with van der Waals surface area (Å²) in [7, 11) is 0. The number of carbonyl (C=O) groups excluding carboxylic acids is 1. The third kappa shape index (κ3) is 5.84. The molecule has 0 unspecified atom stereocenters. The van der Waals surface area contributed by atoms with E-state index in [1.54, 1.807) is 24.3 Å². The molecule has 0 aliphatic carbocycles. The molecule has 11 nitrogen and oxygen atoms in total. The van der Waals surface area contributed by atoms with Gasteiger partial charge in [-0.15, -0.1) is 0 Å². The van der Waals surface area contributed by atoms with Crippen LogP contribution < -0.4 is 16.2 Å². The molecule has 160 valence electrons. The van der Waals surface area contributed by atoms with Gasteiger partial charge >= 0.3 is 5.69 Å². The van der Waals surface area contributed by atoms with Crippen LogP contribution in [0.2, 0.25) is 0 Å². The number of morpholine rings is 1. The molecule has 0 saturated carbocycles. The Bertz CT molecular complexity index is 893. The largest absolute Gasteiger partial charge is 0.379 e. The monoisotopic (exact) mass is 479 g/mol. The Kier molecular flexibility index (Phi) is 7.88. The molecule has 1 amide bonds. The predicted octanol–water partition coefficient (Wildman–Crippen LogP) is 2.04. The van der Waals surface area contributed by atoms with E-state index in [0.717, 1.165) is 39.3 Å². The van der Waals surface area contributed by atoms with Crippen molar-refractivity contribution in [2.24, 2.45) is 0 Å². The first-order valence-corrected chi connectivity index (χ1v) is 10.2. The van der Waals surface area contributed by atoms with Gasteiger partial charge in [-0.05, 0) is 41.0 Å². The molecule has 30 heavy (non-hydrogen) atoms. The van der Waals surface area contributed by atoms with Crippen molar-refractivity contribution < 1.29 is 14.5 Å². The van der Waals surface area contributed by atoms with Crippen molar-refractivity contribution in [1.82, 2.24) is 20.3 Å². The summed E-state index contributed by atoms with van der Waals surface area (Å²) in [6, 6.07) is 6.84. The van der Waals surface area contributed by atoms with E-state index < -0.39 is 10.8 Å². The predicted molar refractivity (Wildman–Crippen MR) is 114 cm³/mol. The summed E-state index contributed by atoms with van der Waals surface area (Å²) in [6.45, 7) is 4.61. The summed E-state index contributed by atoms with van der Waals surface area (Å²) in [4.78, 5) is 33.5. The van der Waals surface area contributed by atoms with Crippen LogP contribution in [0, 0.1) is 10.1 Å². The van der Waals surface area contributed by atoms with Gasteiger partial charge < -0.3 is 10.1 Å². The molecule has 3 N–H and O–H groups in total. The molecule has 1 saturated heterocycles. The summed E-state index contributed by atoms with van der Waals surface area (Å²) in [5.74, 6) is -0.476. The maximum atomic E-state index is 12.3. The zero-order valence-electron chi connectivity index (χ0n) is 16.1. The van der Waals surface area contributed by atoms with Crippen LogP contribution >= 0.6 is 15.9 Å². The number of hydrazine groups is 1. The van der Waals surface area contributed by atoms with E-state index >= 15 is 0 Å². The number of amides is 1. The Labute approximate surface area is 181 Å². The van der Waals surface area contributed by atoms with Crippen LogP contribution in [0.25, 0.3) is 0 Å². The highest BCUT2D eigenvalue weighted by atomic mass is 79.9. The number of hydrogen-bond donors (Lipinski definition) is 3. The quantitative estimate of drug-likeness (QED) is 0.280. The van der Waals surface area contributed by atoms with Crippen LogP contribution in [-0.4, -0.2) is 65.1 Å². The molecular formula is C18H22BrN7O4. The van der Waals surface area contributed by atoms with Gasteiger partial charge in [-0.1, -0.05) is 12.1 Å². The van der Waals surface area contributed by atoms with Gasteiger partial charge in [-0.2, -0.15) is 0 Å². The highest BCUT2D eigenvalue weighted by Crippen LogP contribution is 2.28. The van der Waals surface area contributed by atoms with Gasteiger partial charge in [0.1, 0.15) is 6.33 Å². The van der Waals surface area contributed by atoms with E-state index in [0.29, 0.717) is 16.6 Å². The number of rotatable bonds is 9. The van der Waals surface area contributed by atoms with Crippen molar-refractivity contribution in [3.05, 3.63) is 50.7 Å². The van der Waals surface area contributed by atoms with Crippen molar-refractivity contribution in [3.63, 3.8) is 0 Å². The van der Waals surface area contributed by atoms with E-state index in [1.165, 1.54) is 6.33 Å². The average molecular weight is 480 g/mol. The highest BCUT2D eigenvalue weighted by Gasteiger charge is 2.23. The fourth-order valence-corrected chi connectivity index (χ4v) is 3.40. The Morgan fingerprint density at radius 3 is 2.70 bits per heavy atom. The molecule has 1 aliphatic heterocycles. The number of anilines is 2. The number of ether oxygens (including phenoxy) is 1. The average Bonchev–Trinajstić information content (AvgIpc) is 2.76. The molecule has 3 rings (SSSR count). The molecule has 12 heteroatoms. The zero-order valence-corrected chi connectivity index (χ0v) is 17.7. The fraction of sp³-hybridized carbons (Fsp3) is 0.389. The van der Waals surface area contributed by atoms with Gasteiger partial charge in [0, 0.05) is 24.1 Å². The van der Waals surface area contributed by atoms with Crippen LogP contribution in [0.3, 0.4) is 0 Å². The van der Waals surface area contributed by atoms with Crippen LogP contribution in [0.1, 0.15) is 16.8 Å². The lowest BCUT2D eigenvalue weighted by molar-refractivity contribution is -0.383. The molecule has 1 fully saturated rings. The van der Waals surface area contributed by atoms with Gasteiger partial charge in [0.2, 0.25) is 11.6 Å². The van der Waals surface area contributed by atoms with E-state index in [2.05, 4.69) is 47.0 Å². The molecule has 1 aromatic carbocycles. The number of halogens is 1.